The van der Waals surface area contributed by atoms with Crippen molar-refractivity contribution in [3.05, 3.63) is 68.6 Å². The van der Waals surface area contributed by atoms with E-state index in [0.29, 0.717) is 5.02 Å². The molecule has 0 aliphatic rings. The number of hydrogen-bond donors (Lipinski definition) is 0. The van der Waals surface area contributed by atoms with Gasteiger partial charge in [0.25, 0.3) is 0 Å². The van der Waals surface area contributed by atoms with Crippen LogP contribution in [0.15, 0.2) is 53.0 Å². The molecule has 0 saturated heterocycles. The number of hydrogen-bond acceptors (Lipinski definition) is 4. The topological polar surface area (TPSA) is 43.1 Å². The van der Waals surface area contributed by atoms with Gasteiger partial charge >= 0.3 is 0 Å². The summed E-state index contributed by atoms with van der Waals surface area (Å²) in [6, 6.07) is 15.6. The van der Waals surface area contributed by atoms with Crippen molar-refractivity contribution >= 4 is 56.0 Å². The fraction of sp³-hybridized carbons (Fsp3) is 0. The maximum atomic E-state index is 6.00. The minimum Gasteiger partial charge on any atom is -0.182 e. The molecule has 4 aromatic rings. The van der Waals surface area contributed by atoms with Crippen LogP contribution in [0.25, 0.3) is 28.5 Å². The molecule has 0 aliphatic carbocycles. The molecule has 0 N–H and O–H groups in total. The Bertz CT molecular complexity index is 1040. The molecule has 24 heavy (non-hydrogen) atoms. The lowest BCUT2D eigenvalue weighted by Crippen LogP contribution is -1.90. The summed E-state index contributed by atoms with van der Waals surface area (Å²) in [6.07, 6.45) is 3.94. The van der Waals surface area contributed by atoms with Crippen molar-refractivity contribution in [2.45, 2.75) is 0 Å². The Kier molecular flexibility index (Phi) is 4.18. The lowest BCUT2D eigenvalue weighted by Gasteiger charge is -1.96. The van der Waals surface area contributed by atoms with Crippen LogP contribution in [0.4, 0.5) is 0 Å². The summed E-state index contributed by atoms with van der Waals surface area (Å²) < 4.78 is 2.79. The smallest absolute Gasteiger partial charge is 0.182 e. The van der Waals surface area contributed by atoms with Crippen LogP contribution in [0.1, 0.15) is 10.6 Å². The lowest BCUT2D eigenvalue weighted by molar-refractivity contribution is 0.960. The van der Waals surface area contributed by atoms with Crippen LogP contribution >= 0.6 is 38.9 Å². The van der Waals surface area contributed by atoms with Crippen LogP contribution in [0.3, 0.4) is 0 Å². The largest absolute Gasteiger partial charge is 0.235 e. The summed E-state index contributed by atoms with van der Waals surface area (Å²) >= 11 is 10.9. The van der Waals surface area contributed by atoms with Crippen LogP contribution in [-0.4, -0.2) is 19.8 Å². The zero-order valence-electron chi connectivity index (χ0n) is 12.2. The fourth-order valence-electron chi connectivity index (χ4n) is 2.26. The van der Waals surface area contributed by atoms with Crippen LogP contribution in [0, 0.1) is 0 Å². The average Bonchev–Trinajstić information content (AvgIpc) is 3.14. The first-order chi connectivity index (χ1) is 11.7. The van der Waals surface area contributed by atoms with Crippen LogP contribution in [0.5, 0.6) is 0 Å². The molecule has 0 amide bonds. The first kappa shape index (κ1) is 15.5. The van der Waals surface area contributed by atoms with Gasteiger partial charge in [-0.3, -0.25) is 0 Å². The third-order valence-corrected chi connectivity index (χ3v) is 5.00. The van der Waals surface area contributed by atoms with Crippen molar-refractivity contribution in [2.24, 2.45) is 0 Å². The van der Waals surface area contributed by atoms with E-state index in [1.54, 1.807) is 4.52 Å². The highest BCUT2D eigenvalue weighted by molar-refractivity contribution is 9.10. The minimum absolute atomic E-state index is 0.716. The van der Waals surface area contributed by atoms with E-state index >= 15 is 0 Å². The third kappa shape index (κ3) is 3.13. The van der Waals surface area contributed by atoms with Gasteiger partial charge in [0.1, 0.15) is 5.01 Å². The van der Waals surface area contributed by atoms with Gasteiger partial charge < -0.3 is 0 Å². The normalized spacial score (nSPS) is 11.6. The SMILES string of the molecule is Clc1cccc(/C=C/c2nn3c(-c4ccc(Br)cc4)nnc3s2)c1. The van der Waals surface area contributed by atoms with Gasteiger partial charge in [-0.05, 0) is 35.9 Å². The Morgan fingerprint density at radius 1 is 1.04 bits per heavy atom. The Morgan fingerprint density at radius 2 is 1.88 bits per heavy atom. The Labute approximate surface area is 155 Å². The predicted molar refractivity (Wildman–Crippen MR) is 102 cm³/mol. The Balaban J connectivity index is 1.68. The van der Waals surface area contributed by atoms with Crippen molar-refractivity contribution in [1.82, 2.24) is 19.8 Å². The van der Waals surface area contributed by atoms with Gasteiger partial charge in [-0.25, -0.2) is 0 Å². The number of rotatable bonds is 3. The van der Waals surface area contributed by atoms with Crippen molar-refractivity contribution in [3.63, 3.8) is 0 Å². The molecule has 0 bridgehead atoms. The summed E-state index contributed by atoms with van der Waals surface area (Å²) in [5.41, 5.74) is 2.00. The number of halogens is 2. The molecule has 2 aromatic heterocycles. The maximum absolute atomic E-state index is 6.00. The van der Waals surface area contributed by atoms with Crippen molar-refractivity contribution in [1.29, 1.82) is 0 Å². The van der Waals surface area contributed by atoms with Gasteiger partial charge in [0.2, 0.25) is 4.96 Å². The van der Waals surface area contributed by atoms with Crippen molar-refractivity contribution < 1.29 is 0 Å². The second-order valence-corrected chi connectivity index (χ2v) is 7.39. The molecule has 2 heterocycles. The van der Waals surface area contributed by atoms with E-state index in [2.05, 4.69) is 31.2 Å². The maximum Gasteiger partial charge on any atom is 0.235 e. The van der Waals surface area contributed by atoms with E-state index in [1.165, 1.54) is 11.3 Å². The van der Waals surface area contributed by atoms with Gasteiger partial charge in [0.05, 0.1) is 0 Å². The number of fused-ring (bicyclic) bond motifs is 1. The first-order valence-corrected chi connectivity index (χ1v) is 9.10. The second kappa shape index (κ2) is 6.47. The third-order valence-electron chi connectivity index (χ3n) is 3.38. The molecule has 0 saturated carbocycles. The summed E-state index contributed by atoms with van der Waals surface area (Å²) in [4.78, 5) is 0.763. The van der Waals surface area contributed by atoms with Gasteiger partial charge in [-0.1, -0.05) is 69.2 Å². The molecular weight excluding hydrogens is 408 g/mol. The predicted octanol–water partition coefficient (Wildman–Crippen LogP) is 5.44. The Hall–Kier alpha value is -2.02. The molecule has 0 radical (unpaired) electrons. The second-order valence-electron chi connectivity index (χ2n) is 5.05. The standard InChI is InChI=1S/C17H10BrClN4S/c18-13-7-5-12(6-8-13)16-20-21-17-23(16)22-15(24-17)9-4-11-2-1-3-14(19)10-11/h1-10H/b9-4+. The molecule has 2 aromatic carbocycles. The van der Waals surface area contributed by atoms with E-state index in [0.717, 1.165) is 31.4 Å². The number of aromatic nitrogens is 4. The highest BCUT2D eigenvalue weighted by atomic mass is 79.9. The van der Waals surface area contributed by atoms with Crippen LogP contribution in [-0.2, 0) is 0 Å². The summed E-state index contributed by atoms with van der Waals surface area (Å²) in [5.74, 6) is 0.733. The van der Waals surface area contributed by atoms with Gasteiger partial charge in [0.15, 0.2) is 5.82 Å². The van der Waals surface area contributed by atoms with E-state index in [1.807, 2.05) is 60.7 Å². The van der Waals surface area contributed by atoms with E-state index < -0.39 is 0 Å². The number of nitrogens with zero attached hydrogens (tertiary/aromatic N) is 4. The van der Waals surface area contributed by atoms with Gasteiger partial charge in [-0.2, -0.15) is 9.61 Å². The molecule has 7 heteroatoms. The molecule has 4 rings (SSSR count). The molecule has 0 unspecified atom stereocenters. The van der Waals surface area contributed by atoms with Gasteiger partial charge in [0, 0.05) is 15.1 Å². The summed E-state index contributed by atoms with van der Waals surface area (Å²) in [6.45, 7) is 0. The van der Waals surface area contributed by atoms with Crippen molar-refractivity contribution in [2.75, 3.05) is 0 Å². The van der Waals surface area contributed by atoms with Crippen LogP contribution in [0.2, 0.25) is 5.02 Å². The Morgan fingerprint density at radius 3 is 2.67 bits per heavy atom. The quantitative estimate of drug-likeness (QED) is 0.446. The molecule has 118 valence electrons. The lowest BCUT2D eigenvalue weighted by atomic mass is 10.2. The first-order valence-electron chi connectivity index (χ1n) is 7.11. The number of benzene rings is 2. The monoisotopic (exact) mass is 416 g/mol. The zero-order chi connectivity index (χ0) is 16.5. The molecule has 0 aliphatic heterocycles. The fourth-order valence-corrected chi connectivity index (χ4v) is 3.46. The minimum atomic E-state index is 0.716. The molecule has 4 nitrogen and oxygen atoms in total. The highest BCUT2D eigenvalue weighted by Crippen LogP contribution is 2.24. The van der Waals surface area contributed by atoms with Crippen LogP contribution < -0.4 is 0 Å². The van der Waals surface area contributed by atoms with Crippen molar-refractivity contribution in [3.8, 4) is 11.4 Å². The van der Waals surface area contributed by atoms with E-state index in [9.17, 15) is 0 Å². The average molecular weight is 418 g/mol. The molecule has 0 fully saturated rings. The highest BCUT2D eigenvalue weighted by Gasteiger charge is 2.12. The van der Waals surface area contributed by atoms with E-state index in [4.69, 9.17) is 11.6 Å². The summed E-state index contributed by atoms with van der Waals surface area (Å²) in [5, 5.41) is 14.6. The zero-order valence-corrected chi connectivity index (χ0v) is 15.4. The molecule has 0 spiro atoms. The van der Waals surface area contributed by atoms with E-state index in [-0.39, 0.29) is 0 Å². The molecular formula is C17H10BrClN4S. The summed E-state index contributed by atoms with van der Waals surface area (Å²) in [7, 11) is 0. The molecule has 0 atom stereocenters. The van der Waals surface area contributed by atoms with Gasteiger partial charge in [-0.15, -0.1) is 10.2 Å².